The molecule has 1 aliphatic heterocycles. The van der Waals surface area contributed by atoms with E-state index in [2.05, 4.69) is 4.08 Å². The summed E-state index contributed by atoms with van der Waals surface area (Å²) >= 11 is -0.116. The van der Waals surface area contributed by atoms with E-state index in [-0.39, 0.29) is 27.2 Å². The molecule has 10 heavy (non-hydrogen) atoms. The zero-order chi connectivity index (χ0) is 7.40. The summed E-state index contributed by atoms with van der Waals surface area (Å²) in [4.78, 5) is 10.2. The van der Waals surface area contributed by atoms with Crippen molar-refractivity contribution in [2.75, 3.05) is 0 Å². The summed E-state index contributed by atoms with van der Waals surface area (Å²) in [6.45, 7) is 0. The first kappa shape index (κ1) is 7.65. The van der Waals surface area contributed by atoms with Gasteiger partial charge in [-0.25, -0.2) is 0 Å². The van der Waals surface area contributed by atoms with Crippen molar-refractivity contribution in [3.8, 4) is 0 Å². The Hall–Kier alpha value is -0.450. The third kappa shape index (κ3) is 2.43. The Labute approximate surface area is 69.0 Å². The Morgan fingerprint density at radius 2 is 2.40 bits per heavy atom. The number of halogens is 1. The first-order chi connectivity index (χ1) is 4.79. The fourth-order valence-corrected chi connectivity index (χ4v) is 2.47. The minimum absolute atomic E-state index is 0.116. The van der Waals surface area contributed by atoms with Crippen LogP contribution in [0.15, 0.2) is 22.3 Å². The van der Waals surface area contributed by atoms with Gasteiger partial charge in [-0.15, -0.1) is 0 Å². The van der Waals surface area contributed by atoms with Gasteiger partial charge in [-0.3, -0.25) is 4.79 Å². The molecule has 2 nitrogen and oxygen atoms in total. The van der Waals surface area contributed by atoms with Crippen LogP contribution in [0.5, 0.6) is 0 Å². The van der Waals surface area contributed by atoms with Gasteiger partial charge in [0.15, 0.2) is 0 Å². The zero-order valence-corrected chi connectivity index (χ0v) is 7.41. The number of carboxylic acids is 1. The molecule has 0 aliphatic carbocycles. The predicted octanol–water partition coefficient (Wildman–Crippen LogP) is 1.69. The third-order valence-electron chi connectivity index (χ3n) is 0.984. The molecule has 0 aromatic rings. The lowest BCUT2D eigenvalue weighted by Gasteiger charge is -1.96. The maximum absolute atomic E-state index is 10.2. The first-order valence-corrected chi connectivity index (χ1v) is 5.16. The smallest absolute Gasteiger partial charge is 0.308 e. The van der Waals surface area contributed by atoms with Gasteiger partial charge in [-0.1, -0.05) is 39.0 Å². The van der Waals surface area contributed by atoms with Crippen LogP contribution in [-0.2, 0) is 4.79 Å². The van der Waals surface area contributed by atoms with Gasteiger partial charge in [-0.2, -0.15) is 0 Å². The van der Waals surface area contributed by atoms with Crippen molar-refractivity contribution in [3.63, 3.8) is 0 Å². The van der Waals surface area contributed by atoms with E-state index in [1.807, 2.05) is 18.2 Å². The lowest BCUT2D eigenvalue weighted by Crippen LogP contribution is -2.01. The van der Waals surface area contributed by atoms with E-state index < -0.39 is 5.97 Å². The number of aliphatic carboxylic acids is 1. The number of carboxylic acid groups (broad SMARTS) is 1. The second-order valence-electron chi connectivity index (χ2n) is 1.80. The predicted molar refractivity (Wildman–Crippen MR) is 49.6 cm³/mol. The fraction of sp³-hybridized carbons (Fsp3) is 0.143. The third-order valence-corrected chi connectivity index (χ3v) is 3.30. The molecule has 0 atom stereocenters. The Bertz CT molecular complexity index is 226. The SMILES string of the molecule is O=C(O)CC1=IC=CC=C1. The normalized spacial score (nSPS) is 15.8. The molecule has 0 unspecified atom stereocenters. The van der Waals surface area contributed by atoms with Crippen LogP contribution in [0.4, 0.5) is 0 Å². The Kier molecular flexibility index (Phi) is 2.80. The van der Waals surface area contributed by atoms with Crippen molar-refractivity contribution >= 4 is 30.2 Å². The molecular formula is C7H7IO2. The summed E-state index contributed by atoms with van der Waals surface area (Å²) in [5.41, 5.74) is 0. The van der Waals surface area contributed by atoms with E-state index in [0.717, 1.165) is 3.51 Å². The first-order valence-electron chi connectivity index (χ1n) is 2.83. The highest BCUT2D eigenvalue weighted by Gasteiger charge is 2.00. The lowest BCUT2D eigenvalue weighted by molar-refractivity contribution is -0.135. The number of carbonyl (C=O) groups is 1. The van der Waals surface area contributed by atoms with Crippen LogP contribution >= 0.6 is 20.7 Å². The number of hydrogen-bond acceptors (Lipinski definition) is 1. The molecular weight excluding hydrogens is 243 g/mol. The van der Waals surface area contributed by atoms with Gasteiger partial charge >= 0.3 is 5.97 Å². The molecule has 0 aromatic carbocycles. The minimum atomic E-state index is -0.727. The molecule has 3 heteroatoms. The average molecular weight is 250 g/mol. The van der Waals surface area contributed by atoms with Gasteiger partial charge in [-0.05, 0) is 7.59 Å². The summed E-state index contributed by atoms with van der Waals surface area (Å²) in [5, 5.41) is 8.40. The summed E-state index contributed by atoms with van der Waals surface area (Å²) in [6.07, 6.45) is 5.98. The monoisotopic (exact) mass is 250 g/mol. The molecule has 54 valence electrons. The highest BCUT2D eigenvalue weighted by Crippen LogP contribution is 2.11. The Balaban J connectivity index is 2.58. The van der Waals surface area contributed by atoms with Gasteiger partial charge in [0.25, 0.3) is 0 Å². The lowest BCUT2D eigenvalue weighted by atomic mass is 10.3. The fourth-order valence-electron chi connectivity index (χ4n) is 0.598. The molecule has 1 heterocycles. The van der Waals surface area contributed by atoms with E-state index in [9.17, 15) is 4.79 Å². The topological polar surface area (TPSA) is 37.3 Å². The van der Waals surface area contributed by atoms with E-state index in [4.69, 9.17) is 5.11 Å². The van der Waals surface area contributed by atoms with E-state index in [0.29, 0.717) is 0 Å². The van der Waals surface area contributed by atoms with Crippen LogP contribution < -0.4 is 0 Å². The number of hydrogen-bond donors (Lipinski definition) is 1. The van der Waals surface area contributed by atoms with Gasteiger partial charge in [0.05, 0.1) is 6.42 Å². The maximum Gasteiger partial charge on any atom is 0.308 e. The van der Waals surface area contributed by atoms with E-state index in [1.54, 1.807) is 0 Å². The quantitative estimate of drug-likeness (QED) is 0.757. The van der Waals surface area contributed by atoms with Crippen LogP contribution in [0.25, 0.3) is 0 Å². The molecule has 1 rings (SSSR count). The standard InChI is InChI=1S/C7H7IO2/c9-7(10)5-6-3-1-2-4-8-6/h1-4H,5H2,(H,9,10). The van der Waals surface area contributed by atoms with Crippen LogP contribution in [0.2, 0.25) is 0 Å². The molecule has 0 saturated carbocycles. The van der Waals surface area contributed by atoms with Crippen molar-refractivity contribution in [2.45, 2.75) is 6.42 Å². The summed E-state index contributed by atoms with van der Waals surface area (Å²) < 4.78 is 3.14. The summed E-state index contributed by atoms with van der Waals surface area (Å²) in [5.74, 6) is -0.727. The van der Waals surface area contributed by atoms with Gasteiger partial charge < -0.3 is 5.11 Å². The van der Waals surface area contributed by atoms with Gasteiger partial charge in [0.1, 0.15) is 0 Å². The zero-order valence-electron chi connectivity index (χ0n) is 5.25. The van der Waals surface area contributed by atoms with Crippen molar-refractivity contribution in [1.29, 1.82) is 0 Å². The molecule has 1 N–H and O–H groups in total. The maximum atomic E-state index is 10.2. The van der Waals surface area contributed by atoms with Gasteiger partial charge in [0.2, 0.25) is 0 Å². The van der Waals surface area contributed by atoms with Crippen LogP contribution in [0, 0.1) is 0 Å². The number of rotatable bonds is 2. The van der Waals surface area contributed by atoms with E-state index in [1.165, 1.54) is 0 Å². The molecule has 0 spiro atoms. The second-order valence-corrected chi connectivity index (χ2v) is 4.53. The molecule has 0 amide bonds. The minimum Gasteiger partial charge on any atom is -0.481 e. The second kappa shape index (κ2) is 3.65. The molecule has 0 fully saturated rings. The average Bonchev–Trinajstić information content (AvgIpc) is 1.88. The molecule has 1 aliphatic rings. The molecule has 0 saturated heterocycles. The van der Waals surface area contributed by atoms with Gasteiger partial charge in [0, 0.05) is 0 Å². The van der Waals surface area contributed by atoms with Crippen molar-refractivity contribution in [2.24, 2.45) is 0 Å². The van der Waals surface area contributed by atoms with Crippen molar-refractivity contribution in [3.05, 3.63) is 22.3 Å². The highest BCUT2D eigenvalue weighted by atomic mass is 127. The molecule has 0 aromatic heterocycles. The summed E-state index contributed by atoms with van der Waals surface area (Å²) in [6, 6.07) is 0. The Morgan fingerprint density at radius 1 is 1.60 bits per heavy atom. The van der Waals surface area contributed by atoms with Crippen LogP contribution in [-0.4, -0.2) is 14.6 Å². The van der Waals surface area contributed by atoms with Crippen LogP contribution in [0.3, 0.4) is 0 Å². The van der Waals surface area contributed by atoms with Crippen molar-refractivity contribution < 1.29 is 9.90 Å². The summed E-state index contributed by atoms with van der Waals surface area (Å²) in [7, 11) is 0. The van der Waals surface area contributed by atoms with E-state index >= 15 is 0 Å². The van der Waals surface area contributed by atoms with Crippen LogP contribution in [0.1, 0.15) is 6.42 Å². The molecule has 0 bridgehead atoms. The Morgan fingerprint density at radius 3 is 2.90 bits per heavy atom. The molecule has 0 radical (unpaired) electrons. The highest BCUT2D eigenvalue weighted by molar-refractivity contribution is 14.2. The van der Waals surface area contributed by atoms with Crippen molar-refractivity contribution in [1.82, 2.24) is 0 Å². The largest absolute Gasteiger partial charge is 0.481 e. The number of allylic oxidation sites excluding steroid dienone is 3.